The second-order valence-electron chi connectivity index (χ2n) is 10.1. The SMILES string of the molecule is CC(C)c1cc(-c2ccc(F)c(Cl)c2)cc2c1CC(NS(=O)c1ccc(CN(C)C)cc1)=C(N=[N+]=[N-])C2C. The largest absolute Gasteiger partial charge is 0.305 e. The molecule has 0 radical (unpaired) electrons. The molecule has 3 aromatic carbocycles. The summed E-state index contributed by atoms with van der Waals surface area (Å²) in [6.07, 6.45) is 0.455. The molecule has 0 bridgehead atoms. The summed E-state index contributed by atoms with van der Waals surface area (Å²) in [6.45, 7) is 7.02. The fraction of sp³-hybridized carbons (Fsp3) is 0.310. The molecule has 0 saturated carbocycles. The number of allylic oxidation sites excluding steroid dienone is 2. The van der Waals surface area contributed by atoms with E-state index in [2.05, 4.69) is 45.6 Å². The van der Waals surface area contributed by atoms with Crippen LogP contribution < -0.4 is 4.72 Å². The quantitative estimate of drug-likeness (QED) is 0.176. The Morgan fingerprint density at radius 3 is 2.47 bits per heavy atom. The van der Waals surface area contributed by atoms with Crippen molar-refractivity contribution in [1.29, 1.82) is 0 Å². The Balaban J connectivity index is 1.73. The molecule has 1 N–H and O–H groups in total. The lowest BCUT2D eigenvalue weighted by Crippen LogP contribution is -2.26. The molecule has 0 heterocycles. The average Bonchev–Trinajstić information content (AvgIpc) is 2.87. The van der Waals surface area contributed by atoms with Gasteiger partial charge in [-0.2, -0.15) is 0 Å². The molecule has 198 valence electrons. The highest BCUT2D eigenvalue weighted by Crippen LogP contribution is 2.42. The fourth-order valence-electron chi connectivity index (χ4n) is 4.88. The van der Waals surface area contributed by atoms with Gasteiger partial charge in [-0.05, 0) is 83.2 Å². The van der Waals surface area contributed by atoms with Crippen molar-refractivity contribution in [1.82, 2.24) is 9.62 Å². The van der Waals surface area contributed by atoms with Crippen LogP contribution in [0.5, 0.6) is 0 Å². The van der Waals surface area contributed by atoms with Crippen molar-refractivity contribution in [2.45, 2.75) is 50.5 Å². The molecule has 6 nitrogen and oxygen atoms in total. The van der Waals surface area contributed by atoms with Crippen LogP contribution in [0.2, 0.25) is 5.02 Å². The van der Waals surface area contributed by atoms with E-state index in [1.165, 1.54) is 6.07 Å². The molecule has 3 aromatic rings. The van der Waals surface area contributed by atoms with Crippen LogP contribution in [0.25, 0.3) is 21.6 Å². The first-order valence-electron chi connectivity index (χ1n) is 12.4. The summed E-state index contributed by atoms with van der Waals surface area (Å²) in [7, 11) is 2.48. The predicted octanol–water partition coefficient (Wildman–Crippen LogP) is 7.83. The number of benzene rings is 3. The lowest BCUT2D eigenvalue weighted by molar-refractivity contribution is 0.402. The highest BCUT2D eigenvalue weighted by molar-refractivity contribution is 7.83. The van der Waals surface area contributed by atoms with Gasteiger partial charge in [-0.15, -0.1) is 0 Å². The molecule has 0 spiro atoms. The van der Waals surface area contributed by atoms with Gasteiger partial charge in [-0.25, -0.2) is 8.60 Å². The number of halogens is 2. The molecule has 4 rings (SSSR count). The van der Waals surface area contributed by atoms with Crippen molar-refractivity contribution in [3.05, 3.63) is 110 Å². The molecule has 2 atom stereocenters. The maximum absolute atomic E-state index is 13.8. The normalized spacial score (nSPS) is 15.9. The maximum Gasteiger partial charge on any atom is 0.150 e. The number of rotatable bonds is 8. The van der Waals surface area contributed by atoms with Crippen LogP contribution in [0.4, 0.5) is 4.39 Å². The molecule has 9 heteroatoms. The van der Waals surface area contributed by atoms with E-state index >= 15 is 0 Å². The van der Waals surface area contributed by atoms with Crippen LogP contribution in [-0.2, 0) is 24.0 Å². The van der Waals surface area contributed by atoms with E-state index < -0.39 is 16.8 Å². The number of hydrogen-bond donors (Lipinski definition) is 1. The predicted molar refractivity (Wildman–Crippen MR) is 153 cm³/mol. The first-order chi connectivity index (χ1) is 18.1. The summed E-state index contributed by atoms with van der Waals surface area (Å²) < 4.78 is 30.3. The van der Waals surface area contributed by atoms with Crippen LogP contribution in [0, 0.1) is 5.82 Å². The van der Waals surface area contributed by atoms with E-state index in [4.69, 9.17) is 11.6 Å². The molecule has 38 heavy (non-hydrogen) atoms. The average molecular weight is 552 g/mol. The first-order valence-corrected chi connectivity index (χ1v) is 13.9. The first kappa shape index (κ1) is 27.9. The van der Waals surface area contributed by atoms with Crippen LogP contribution in [0.3, 0.4) is 0 Å². The zero-order valence-electron chi connectivity index (χ0n) is 22.1. The van der Waals surface area contributed by atoms with Crippen molar-refractivity contribution in [3.8, 4) is 11.1 Å². The number of nitrogens with one attached hydrogen (secondary N) is 1. The second kappa shape index (κ2) is 11.7. The van der Waals surface area contributed by atoms with Gasteiger partial charge in [0.1, 0.15) is 16.8 Å². The van der Waals surface area contributed by atoms with Crippen molar-refractivity contribution in [2.24, 2.45) is 5.11 Å². The summed E-state index contributed by atoms with van der Waals surface area (Å²) in [5.41, 5.74) is 16.6. The minimum absolute atomic E-state index is 0.0674. The molecule has 0 aromatic heterocycles. The lowest BCUT2D eigenvalue weighted by Gasteiger charge is -2.30. The minimum atomic E-state index is -1.53. The summed E-state index contributed by atoms with van der Waals surface area (Å²) in [4.78, 5) is 5.79. The van der Waals surface area contributed by atoms with E-state index in [9.17, 15) is 14.1 Å². The Morgan fingerprint density at radius 1 is 1.16 bits per heavy atom. The van der Waals surface area contributed by atoms with E-state index in [0.29, 0.717) is 22.7 Å². The molecule has 1 aliphatic rings. The van der Waals surface area contributed by atoms with Crippen molar-refractivity contribution in [2.75, 3.05) is 14.1 Å². The van der Waals surface area contributed by atoms with Gasteiger partial charge in [-0.3, -0.25) is 0 Å². The Morgan fingerprint density at radius 2 is 1.87 bits per heavy atom. The highest BCUT2D eigenvalue weighted by Gasteiger charge is 2.29. The standard InChI is InChI=1S/C29H31ClFN5OS/c1-17(2)23-12-21(20-8-11-27(31)26(30)14-20)13-24-18(3)29(33-35-32)28(15-25(23)24)34-38(37)22-9-6-19(7-10-22)16-36(4)5/h6-14,17-18,34H,15-16H2,1-5H3. The smallest absolute Gasteiger partial charge is 0.150 e. The highest BCUT2D eigenvalue weighted by atomic mass is 35.5. The third-order valence-electron chi connectivity index (χ3n) is 6.74. The molecule has 0 saturated heterocycles. The van der Waals surface area contributed by atoms with Crippen molar-refractivity contribution < 1.29 is 8.60 Å². The van der Waals surface area contributed by atoms with Gasteiger partial charge in [0.05, 0.1) is 9.92 Å². The van der Waals surface area contributed by atoms with Gasteiger partial charge in [-0.1, -0.05) is 67.8 Å². The molecule has 1 aliphatic carbocycles. The van der Waals surface area contributed by atoms with Gasteiger partial charge >= 0.3 is 0 Å². The summed E-state index contributed by atoms with van der Waals surface area (Å²) in [6, 6.07) is 16.5. The second-order valence-corrected chi connectivity index (χ2v) is 11.7. The number of nitrogens with zero attached hydrogens (tertiary/aromatic N) is 4. The molecular weight excluding hydrogens is 521 g/mol. The van der Waals surface area contributed by atoms with Gasteiger partial charge in [0.15, 0.2) is 0 Å². The van der Waals surface area contributed by atoms with Gasteiger partial charge in [0.2, 0.25) is 0 Å². The Kier molecular flexibility index (Phi) is 8.58. The van der Waals surface area contributed by atoms with Crippen molar-refractivity contribution >= 4 is 22.6 Å². The van der Waals surface area contributed by atoms with E-state index in [1.54, 1.807) is 12.1 Å². The van der Waals surface area contributed by atoms with Crippen molar-refractivity contribution in [3.63, 3.8) is 0 Å². The topological polar surface area (TPSA) is 81.1 Å². The van der Waals surface area contributed by atoms with Crippen LogP contribution >= 0.6 is 11.6 Å². The maximum atomic E-state index is 13.8. The third kappa shape index (κ3) is 5.94. The van der Waals surface area contributed by atoms with Crippen LogP contribution in [0.15, 0.2) is 76.0 Å². The summed E-state index contributed by atoms with van der Waals surface area (Å²) in [5, 5.41) is 4.10. The van der Waals surface area contributed by atoms with E-state index in [-0.39, 0.29) is 16.9 Å². The van der Waals surface area contributed by atoms with Gasteiger partial charge < -0.3 is 9.62 Å². The molecule has 0 aliphatic heterocycles. The molecule has 0 fully saturated rings. The van der Waals surface area contributed by atoms with Gasteiger partial charge in [0.25, 0.3) is 0 Å². The fourth-order valence-corrected chi connectivity index (χ4v) is 5.96. The monoisotopic (exact) mass is 551 g/mol. The number of azide groups is 1. The summed E-state index contributed by atoms with van der Waals surface area (Å²) >= 11 is 6.07. The Bertz CT molecular complexity index is 1460. The van der Waals surface area contributed by atoms with Crippen LogP contribution in [-0.4, -0.2) is 23.2 Å². The lowest BCUT2D eigenvalue weighted by atomic mass is 9.78. The summed E-state index contributed by atoms with van der Waals surface area (Å²) in [5.74, 6) is -0.510. The number of fused-ring (bicyclic) bond motifs is 1. The Hall–Kier alpha value is -3.16. The molecule has 2 unspecified atom stereocenters. The third-order valence-corrected chi connectivity index (χ3v) is 8.16. The van der Waals surface area contributed by atoms with Crippen LogP contribution in [0.1, 0.15) is 54.9 Å². The van der Waals surface area contributed by atoms with E-state index in [1.807, 2.05) is 45.3 Å². The Labute approximate surface area is 230 Å². The molecule has 0 amide bonds. The number of hydrogen-bond acceptors (Lipinski definition) is 3. The zero-order chi connectivity index (χ0) is 27.6. The van der Waals surface area contributed by atoms with E-state index in [0.717, 1.165) is 39.9 Å². The molecular formula is C29H31ClFN5OS. The zero-order valence-corrected chi connectivity index (χ0v) is 23.7. The van der Waals surface area contributed by atoms with Gasteiger partial charge in [0, 0.05) is 35.2 Å². The minimum Gasteiger partial charge on any atom is -0.305 e.